The first-order chi connectivity index (χ1) is 11.0. The Balaban J connectivity index is 1.90. The van der Waals surface area contributed by atoms with Crippen molar-refractivity contribution >= 4 is 12.1 Å². The van der Waals surface area contributed by atoms with Gasteiger partial charge in [-0.05, 0) is 44.0 Å². The molecule has 0 bridgehead atoms. The lowest BCUT2D eigenvalue weighted by Gasteiger charge is -2.10. The first kappa shape index (κ1) is 16.5. The number of nitrogens with one attached hydrogen (secondary N) is 1. The molecule has 0 spiro atoms. The van der Waals surface area contributed by atoms with E-state index in [1.807, 2.05) is 39.0 Å². The molecule has 2 rings (SSSR count). The number of hydrogen-bond acceptors (Lipinski definition) is 4. The Labute approximate surface area is 135 Å². The van der Waals surface area contributed by atoms with E-state index < -0.39 is 0 Å². The number of para-hydroxylation sites is 1. The lowest BCUT2D eigenvalue weighted by atomic mass is 10.1. The number of phenols is 1. The number of rotatable bonds is 5. The molecule has 2 aromatic carbocycles. The second kappa shape index (κ2) is 7.45. The van der Waals surface area contributed by atoms with Crippen molar-refractivity contribution in [2.45, 2.75) is 20.8 Å². The molecule has 23 heavy (non-hydrogen) atoms. The predicted molar refractivity (Wildman–Crippen MR) is 90.0 cm³/mol. The number of benzene rings is 2. The highest BCUT2D eigenvalue weighted by molar-refractivity contribution is 5.85. The van der Waals surface area contributed by atoms with Gasteiger partial charge in [0.25, 0.3) is 5.91 Å². The van der Waals surface area contributed by atoms with Gasteiger partial charge in [-0.2, -0.15) is 5.10 Å². The van der Waals surface area contributed by atoms with Crippen molar-refractivity contribution in [2.75, 3.05) is 6.61 Å². The molecule has 2 aromatic rings. The number of phenolic OH excluding ortho intramolecular Hbond substituents is 1. The maximum absolute atomic E-state index is 11.8. The molecule has 5 nitrogen and oxygen atoms in total. The minimum atomic E-state index is -0.365. The van der Waals surface area contributed by atoms with Gasteiger partial charge in [-0.1, -0.05) is 29.8 Å². The Morgan fingerprint density at radius 2 is 1.91 bits per heavy atom. The molecular formula is C18H20N2O3. The van der Waals surface area contributed by atoms with E-state index in [0.717, 1.165) is 16.7 Å². The summed E-state index contributed by atoms with van der Waals surface area (Å²) in [6, 6.07) is 11.0. The van der Waals surface area contributed by atoms with Crippen LogP contribution in [0.2, 0.25) is 0 Å². The number of nitrogens with zero attached hydrogens (tertiary/aromatic N) is 1. The van der Waals surface area contributed by atoms with Crippen LogP contribution in [0.3, 0.4) is 0 Å². The number of carbonyl (C=O) groups is 1. The summed E-state index contributed by atoms with van der Waals surface area (Å²) < 4.78 is 5.54. The Bertz CT molecular complexity index is 719. The fourth-order valence-corrected chi connectivity index (χ4v) is 2.15. The van der Waals surface area contributed by atoms with E-state index in [2.05, 4.69) is 10.5 Å². The number of hydrogen-bond donors (Lipinski definition) is 2. The third-order valence-electron chi connectivity index (χ3n) is 3.33. The summed E-state index contributed by atoms with van der Waals surface area (Å²) in [5.41, 5.74) is 5.87. The summed E-state index contributed by atoms with van der Waals surface area (Å²) >= 11 is 0. The molecule has 2 N–H and O–H groups in total. The third-order valence-corrected chi connectivity index (χ3v) is 3.33. The zero-order valence-corrected chi connectivity index (χ0v) is 13.5. The molecule has 5 heteroatoms. The standard InChI is InChI=1S/C18H20N2O3/c1-12-7-8-16(21)15(9-12)10-19-20-17(22)11-23-18-13(2)5-4-6-14(18)3/h4-10,21H,11H2,1-3H3,(H,20,22). The third kappa shape index (κ3) is 4.57. The fraction of sp³-hybridized carbons (Fsp3) is 0.222. The number of ether oxygens (including phenoxy) is 1. The second-order valence-corrected chi connectivity index (χ2v) is 5.37. The minimum absolute atomic E-state index is 0.111. The summed E-state index contributed by atoms with van der Waals surface area (Å²) in [7, 11) is 0. The molecule has 1 amide bonds. The maximum Gasteiger partial charge on any atom is 0.277 e. The number of aryl methyl sites for hydroxylation is 3. The molecule has 120 valence electrons. The molecular weight excluding hydrogens is 292 g/mol. The first-order valence-corrected chi connectivity index (χ1v) is 7.28. The quantitative estimate of drug-likeness (QED) is 0.659. The van der Waals surface area contributed by atoms with Gasteiger partial charge < -0.3 is 9.84 Å². The van der Waals surface area contributed by atoms with Gasteiger partial charge in [0.1, 0.15) is 11.5 Å². The molecule has 0 aliphatic carbocycles. The molecule has 0 aliphatic heterocycles. The van der Waals surface area contributed by atoms with Crippen LogP contribution in [0, 0.1) is 20.8 Å². The van der Waals surface area contributed by atoms with Crippen LogP contribution >= 0.6 is 0 Å². The summed E-state index contributed by atoms with van der Waals surface area (Å²) in [5, 5.41) is 13.5. The first-order valence-electron chi connectivity index (χ1n) is 7.28. The number of carbonyl (C=O) groups excluding carboxylic acids is 1. The Kier molecular flexibility index (Phi) is 5.36. The molecule has 0 unspecified atom stereocenters. The van der Waals surface area contributed by atoms with E-state index >= 15 is 0 Å². The highest BCUT2D eigenvalue weighted by Crippen LogP contribution is 2.22. The van der Waals surface area contributed by atoms with Crippen molar-refractivity contribution in [2.24, 2.45) is 5.10 Å². The van der Waals surface area contributed by atoms with E-state index in [-0.39, 0.29) is 18.3 Å². The summed E-state index contributed by atoms with van der Waals surface area (Å²) in [6.45, 7) is 5.65. The van der Waals surface area contributed by atoms with Gasteiger partial charge in [-0.15, -0.1) is 0 Å². The molecule has 0 radical (unpaired) electrons. The van der Waals surface area contributed by atoms with E-state index in [0.29, 0.717) is 11.3 Å². The van der Waals surface area contributed by atoms with Crippen molar-refractivity contribution in [1.29, 1.82) is 0 Å². The van der Waals surface area contributed by atoms with Crippen molar-refractivity contribution in [3.63, 3.8) is 0 Å². The van der Waals surface area contributed by atoms with Crippen LogP contribution in [0.25, 0.3) is 0 Å². The Morgan fingerprint density at radius 3 is 2.61 bits per heavy atom. The smallest absolute Gasteiger partial charge is 0.277 e. The van der Waals surface area contributed by atoms with Crippen LogP contribution in [0.1, 0.15) is 22.3 Å². The Hall–Kier alpha value is -2.82. The molecule has 0 atom stereocenters. The highest BCUT2D eigenvalue weighted by atomic mass is 16.5. The van der Waals surface area contributed by atoms with Crippen LogP contribution < -0.4 is 10.2 Å². The normalized spacial score (nSPS) is 10.7. The van der Waals surface area contributed by atoms with E-state index in [4.69, 9.17) is 4.74 Å². The van der Waals surface area contributed by atoms with Gasteiger partial charge in [0.15, 0.2) is 6.61 Å². The molecule has 0 aliphatic rings. The van der Waals surface area contributed by atoms with E-state index in [9.17, 15) is 9.90 Å². The van der Waals surface area contributed by atoms with Gasteiger partial charge in [0.2, 0.25) is 0 Å². The molecule has 0 saturated carbocycles. The SMILES string of the molecule is Cc1ccc(O)c(C=NNC(=O)COc2c(C)cccc2C)c1. The van der Waals surface area contributed by atoms with Crippen LogP contribution in [0.5, 0.6) is 11.5 Å². The van der Waals surface area contributed by atoms with Crippen molar-refractivity contribution < 1.29 is 14.6 Å². The Morgan fingerprint density at radius 1 is 1.22 bits per heavy atom. The lowest BCUT2D eigenvalue weighted by molar-refractivity contribution is -0.123. The van der Waals surface area contributed by atoms with Crippen molar-refractivity contribution in [3.05, 3.63) is 58.7 Å². The predicted octanol–water partition coefficient (Wildman–Crippen LogP) is 2.85. The molecule has 0 aromatic heterocycles. The van der Waals surface area contributed by atoms with Gasteiger partial charge >= 0.3 is 0 Å². The van der Waals surface area contributed by atoms with E-state index in [1.54, 1.807) is 18.2 Å². The van der Waals surface area contributed by atoms with Crippen molar-refractivity contribution in [3.8, 4) is 11.5 Å². The number of aromatic hydroxyl groups is 1. The average molecular weight is 312 g/mol. The number of amides is 1. The summed E-state index contributed by atoms with van der Waals surface area (Å²) in [6.07, 6.45) is 1.40. The van der Waals surface area contributed by atoms with E-state index in [1.165, 1.54) is 6.21 Å². The van der Waals surface area contributed by atoms with Crippen LogP contribution in [-0.4, -0.2) is 23.8 Å². The number of hydrazone groups is 1. The second-order valence-electron chi connectivity index (χ2n) is 5.37. The average Bonchev–Trinajstić information content (AvgIpc) is 2.50. The van der Waals surface area contributed by atoms with Gasteiger partial charge in [-0.25, -0.2) is 5.43 Å². The van der Waals surface area contributed by atoms with Gasteiger partial charge in [-0.3, -0.25) is 4.79 Å². The summed E-state index contributed by atoms with van der Waals surface area (Å²) in [5.74, 6) is 0.458. The highest BCUT2D eigenvalue weighted by Gasteiger charge is 2.06. The zero-order chi connectivity index (χ0) is 16.8. The van der Waals surface area contributed by atoms with Crippen LogP contribution in [-0.2, 0) is 4.79 Å². The molecule has 0 fully saturated rings. The molecule has 0 saturated heterocycles. The van der Waals surface area contributed by atoms with Crippen LogP contribution in [0.4, 0.5) is 0 Å². The summed E-state index contributed by atoms with van der Waals surface area (Å²) in [4.78, 5) is 11.8. The van der Waals surface area contributed by atoms with Gasteiger partial charge in [0.05, 0.1) is 6.21 Å². The van der Waals surface area contributed by atoms with Crippen LogP contribution in [0.15, 0.2) is 41.5 Å². The topological polar surface area (TPSA) is 70.9 Å². The zero-order valence-electron chi connectivity index (χ0n) is 13.5. The minimum Gasteiger partial charge on any atom is -0.507 e. The largest absolute Gasteiger partial charge is 0.507 e. The lowest BCUT2D eigenvalue weighted by Crippen LogP contribution is -2.25. The van der Waals surface area contributed by atoms with Crippen molar-refractivity contribution in [1.82, 2.24) is 5.43 Å². The van der Waals surface area contributed by atoms with Gasteiger partial charge in [0, 0.05) is 5.56 Å². The molecule has 0 heterocycles. The maximum atomic E-state index is 11.8. The fourth-order valence-electron chi connectivity index (χ4n) is 2.15. The monoisotopic (exact) mass is 312 g/mol.